The maximum absolute atomic E-state index is 10.9. The largest absolute Gasteiger partial charge is 0.300 e. The molecular weight excluding hydrogens is 128 g/mol. The van der Waals surface area contributed by atoms with Gasteiger partial charge in [-0.1, -0.05) is 0 Å². The van der Waals surface area contributed by atoms with Gasteiger partial charge < -0.3 is 0 Å². The maximum Gasteiger partial charge on any atom is 0.135 e. The van der Waals surface area contributed by atoms with Crippen LogP contribution in [0.5, 0.6) is 0 Å². The third-order valence-electron chi connectivity index (χ3n) is 2.01. The average molecular weight is 142 g/mol. The van der Waals surface area contributed by atoms with Crippen molar-refractivity contribution in [2.24, 2.45) is 0 Å². The summed E-state index contributed by atoms with van der Waals surface area (Å²) in [5.41, 5.74) is 0. The summed E-state index contributed by atoms with van der Waals surface area (Å²) in [5.74, 6) is 0.385. The van der Waals surface area contributed by atoms with Crippen LogP contribution in [0.1, 0.15) is 12.8 Å². The first kappa shape index (κ1) is 7.69. The highest BCUT2D eigenvalue weighted by Crippen LogP contribution is 2.03. The predicted octanol–water partition coefficient (Wildman–Crippen LogP) is 0.128. The minimum atomic E-state index is 0.385. The monoisotopic (exact) mass is 142 g/mol. The van der Waals surface area contributed by atoms with E-state index in [1.807, 2.05) is 14.1 Å². The van der Waals surface area contributed by atoms with E-state index in [1.165, 1.54) is 0 Å². The van der Waals surface area contributed by atoms with Gasteiger partial charge in [0.1, 0.15) is 5.78 Å². The first-order valence-corrected chi connectivity index (χ1v) is 3.64. The molecule has 0 bridgehead atoms. The van der Waals surface area contributed by atoms with Crippen LogP contribution in [0, 0.1) is 0 Å². The molecule has 1 rings (SSSR count). The summed E-state index contributed by atoms with van der Waals surface area (Å²) in [4.78, 5) is 10.9. The van der Waals surface area contributed by atoms with Gasteiger partial charge in [0.15, 0.2) is 0 Å². The molecule has 0 N–H and O–H groups in total. The summed E-state index contributed by atoms with van der Waals surface area (Å²) in [6.45, 7) is 1.74. The molecule has 3 nitrogen and oxygen atoms in total. The number of ketones is 1. The lowest BCUT2D eigenvalue weighted by molar-refractivity contribution is -0.118. The van der Waals surface area contributed by atoms with Crippen LogP contribution in [0.15, 0.2) is 0 Å². The topological polar surface area (TPSA) is 23.6 Å². The molecule has 1 saturated heterocycles. The van der Waals surface area contributed by atoms with E-state index in [-0.39, 0.29) is 0 Å². The molecule has 0 saturated carbocycles. The van der Waals surface area contributed by atoms with Crippen LogP contribution < -0.4 is 0 Å². The molecule has 1 aliphatic rings. The quantitative estimate of drug-likeness (QED) is 0.480. The molecular formula is C7H14N2O. The molecule has 3 heteroatoms. The van der Waals surface area contributed by atoms with E-state index in [4.69, 9.17) is 0 Å². The van der Waals surface area contributed by atoms with Crippen LogP contribution in [0.3, 0.4) is 0 Å². The summed E-state index contributed by atoms with van der Waals surface area (Å²) >= 11 is 0. The number of hydrogen-bond donors (Lipinski definition) is 0. The fraction of sp³-hybridized carbons (Fsp3) is 0.857. The second kappa shape index (κ2) is 3.12. The molecule has 0 aromatic rings. The zero-order chi connectivity index (χ0) is 7.56. The maximum atomic E-state index is 10.9. The van der Waals surface area contributed by atoms with Crippen molar-refractivity contribution in [2.45, 2.75) is 12.8 Å². The van der Waals surface area contributed by atoms with Crippen LogP contribution in [-0.2, 0) is 4.79 Å². The Morgan fingerprint density at radius 3 is 1.90 bits per heavy atom. The van der Waals surface area contributed by atoms with Crippen LogP contribution in [-0.4, -0.2) is 43.0 Å². The number of hydrogen-bond acceptors (Lipinski definition) is 3. The lowest BCUT2D eigenvalue weighted by atomic mass is 10.2. The number of nitrogens with zero attached hydrogens (tertiary/aromatic N) is 2. The number of Topliss-reactive ketones (excluding diaryl/α,β-unsaturated/α-hetero) is 1. The molecule has 0 radical (unpaired) electrons. The zero-order valence-corrected chi connectivity index (χ0v) is 6.63. The average Bonchev–Trinajstić information content (AvgIpc) is 2.04. The first-order chi connectivity index (χ1) is 4.70. The van der Waals surface area contributed by atoms with E-state index in [0.717, 1.165) is 13.1 Å². The molecule has 0 amide bonds. The highest BCUT2D eigenvalue weighted by Gasteiger charge is 2.14. The Morgan fingerprint density at radius 1 is 1.10 bits per heavy atom. The Morgan fingerprint density at radius 2 is 1.50 bits per heavy atom. The van der Waals surface area contributed by atoms with Crippen molar-refractivity contribution in [3.63, 3.8) is 0 Å². The molecule has 1 fully saturated rings. The highest BCUT2D eigenvalue weighted by molar-refractivity contribution is 5.78. The summed E-state index contributed by atoms with van der Waals surface area (Å²) in [6.07, 6.45) is 1.42. The van der Waals surface area contributed by atoms with Gasteiger partial charge in [-0.2, -0.15) is 0 Å². The number of hydrazine groups is 1. The summed E-state index contributed by atoms with van der Waals surface area (Å²) < 4.78 is 0. The van der Waals surface area contributed by atoms with E-state index in [9.17, 15) is 4.79 Å². The van der Waals surface area contributed by atoms with Crippen LogP contribution in [0.2, 0.25) is 0 Å². The minimum absolute atomic E-state index is 0.385. The van der Waals surface area contributed by atoms with Crippen molar-refractivity contribution in [1.29, 1.82) is 0 Å². The van der Waals surface area contributed by atoms with Gasteiger partial charge in [0.2, 0.25) is 0 Å². The molecule has 10 heavy (non-hydrogen) atoms. The fourth-order valence-corrected chi connectivity index (χ4v) is 1.04. The SMILES string of the molecule is CN1CCC(=O)CCN1C. The summed E-state index contributed by atoms with van der Waals surface area (Å²) in [6, 6.07) is 0. The Balaban J connectivity index is 2.46. The predicted molar refractivity (Wildman–Crippen MR) is 39.5 cm³/mol. The van der Waals surface area contributed by atoms with Crippen molar-refractivity contribution < 1.29 is 4.79 Å². The van der Waals surface area contributed by atoms with Gasteiger partial charge in [-0.3, -0.25) is 4.79 Å². The standard InChI is InChI=1S/C7H14N2O/c1-8-5-3-7(10)4-6-9(8)2/h3-6H2,1-2H3. The van der Waals surface area contributed by atoms with E-state index in [0.29, 0.717) is 18.6 Å². The molecule has 0 aromatic carbocycles. The van der Waals surface area contributed by atoms with Gasteiger partial charge in [0, 0.05) is 40.0 Å². The highest BCUT2D eigenvalue weighted by atomic mass is 16.1. The second-order valence-corrected chi connectivity index (χ2v) is 2.80. The Labute approximate surface area is 61.6 Å². The molecule has 1 aliphatic heterocycles. The van der Waals surface area contributed by atoms with Crippen molar-refractivity contribution >= 4 is 5.78 Å². The Bertz CT molecular complexity index is 122. The number of carbonyl (C=O) groups is 1. The molecule has 0 spiro atoms. The van der Waals surface area contributed by atoms with E-state index in [2.05, 4.69) is 10.0 Å². The third-order valence-corrected chi connectivity index (χ3v) is 2.01. The van der Waals surface area contributed by atoms with Crippen molar-refractivity contribution in [2.75, 3.05) is 27.2 Å². The number of rotatable bonds is 0. The van der Waals surface area contributed by atoms with E-state index in [1.54, 1.807) is 0 Å². The van der Waals surface area contributed by atoms with Gasteiger partial charge in [-0.15, -0.1) is 0 Å². The molecule has 1 heterocycles. The van der Waals surface area contributed by atoms with Crippen molar-refractivity contribution in [3.05, 3.63) is 0 Å². The van der Waals surface area contributed by atoms with E-state index >= 15 is 0 Å². The van der Waals surface area contributed by atoms with Crippen molar-refractivity contribution in [1.82, 2.24) is 10.0 Å². The Hall–Kier alpha value is -0.410. The molecule has 0 unspecified atom stereocenters. The van der Waals surface area contributed by atoms with Crippen LogP contribution >= 0.6 is 0 Å². The van der Waals surface area contributed by atoms with E-state index < -0.39 is 0 Å². The fourth-order valence-electron chi connectivity index (χ4n) is 1.04. The normalized spacial score (nSPS) is 24.8. The molecule has 0 aromatic heterocycles. The lowest BCUT2D eigenvalue weighted by Crippen LogP contribution is -2.35. The summed E-state index contributed by atoms with van der Waals surface area (Å²) in [5, 5.41) is 4.18. The van der Waals surface area contributed by atoms with Crippen LogP contribution in [0.25, 0.3) is 0 Å². The minimum Gasteiger partial charge on any atom is -0.300 e. The van der Waals surface area contributed by atoms with Gasteiger partial charge in [0.05, 0.1) is 0 Å². The van der Waals surface area contributed by atoms with Gasteiger partial charge >= 0.3 is 0 Å². The lowest BCUT2D eigenvalue weighted by Gasteiger charge is -2.24. The first-order valence-electron chi connectivity index (χ1n) is 3.64. The summed E-state index contributed by atoms with van der Waals surface area (Å²) in [7, 11) is 4.03. The van der Waals surface area contributed by atoms with Crippen LogP contribution in [0.4, 0.5) is 0 Å². The molecule has 58 valence electrons. The molecule has 0 atom stereocenters. The second-order valence-electron chi connectivity index (χ2n) is 2.80. The van der Waals surface area contributed by atoms with Crippen molar-refractivity contribution in [3.8, 4) is 0 Å². The Kier molecular flexibility index (Phi) is 2.40. The smallest absolute Gasteiger partial charge is 0.135 e. The third kappa shape index (κ3) is 1.78. The van der Waals surface area contributed by atoms with Gasteiger partial charge in [-0.25, -0.2) is 10.0 Å². The van der Waals surface area contributed by atoms with Gasteiger partial charge in [0.25, 0.3) is 0 Å². The van der Waals surface area contributed by atoms with Gasteiger partial charge in [-0.05, 0) is 0 Å². The number of carbonyl (C=O) groups excluding carboxylic acids is 1. The zero-order valence-electron chi connectivity index (χ0n) is 6.63. The molecule has 0 aliphatic carbocycles.